The first-order valence-electron chi connectivity index (χ1n) is 10.1. The SMILES string of the molecule is NCc1cccc(C2CCN(C(=O)c3c[nH]c4cc(C(F)(F)F)ccc4c3=O)CC2)c1. The van der Waals surface area contributed by atoms with Crippen LogP contribution in [0.25, 0.3) is 10.9 Å². The number of hydrogen-bond donors (Lipinski definition) is 2. The van der Waals surface area contributed by atoms with Gasteiger partial charge in [-0.1, -0.05) is 24.3 Å². The highest BCUT2D eigenvalue weighted by Crippen LogP contribution is 2.31. The molecule has 31 heavy (non-hydrogen) atoms. The van der Waals surface area contributed by atoms with Gasteiger partial charge in [-0.25, -0.2) is 0 Å². The highest BCUT2D eigenvalue weighted by atomic mass is 19.4. The number of aromatic nitrogens is 1. The van der Waals surface area contributed by atoms with Crippen LogP contribution in [0, 0.1) is 0 Å². The number of pyridine rings is 1. The Kier molecular flexibility index (Phi) is 5.58. The van der Waals surface area contributed by atoms with Gasteiger partial charge in [0.15, 0.2) is 0 Å². The molecule has 4 rings (SSSR count). The van der Waals surface area contributed by atoms with Crippen molar-refractivity contribution in [2.45, 2.75) is 31.5 Å². The number of hydrogen-bond acceptors (Lipinski definition) is 3. The first-order chi connectivity index (χ1) is 14.8. The molecule has 0 bridgehead atoms. The van der Waals surface area contributed by atoms with Crippen LogP contribution in [0.3, 0.4) is 0 Å². The Balaban J connectivity index is 1.52. The van der Waals surface area contributed by atoms with E-state index in [2.05, 4.69) is 17.1 Å². The third-order valence-electron chi connectivity index (χ3n) is 5.88. The maximum atomic E-state index is 12.9. The van der Waals surface area contributed by atoms with Crippen LogP contribution in [0.4, 0.5) is 13.2 Å². The van der Waals surface area contributed by atoms with Crippen LogP contribution >= 0.6 is 0 Å². The van der Waals surface area contributed by atoms with Crippen molar-refractivity contribution in [3.63, 3.8) is 0 Å². The van der Waals surface area contributed by atoms with Crippen molar-refractivity contribution in [2.75, 3.05) is 13.1 Å². The van der Waals surface area contributed by atoms with Crippen LogP contribution in [-0.4, -0.2) is 28.9 Å². The molecule has 1 saturated heterocycles. The Labute approximate surface area is 176 Å². The van der Waals surface area contributed by atoms with Gasteiger partial charge >= 0.3 is 6.18 Å². The molecule has 162 valence electrons. The molecule has 1 aliphatic heterocycles. The fraction of sp³-hybridized carbons (Fsp3) is 0.304. The molecule has 3 N–H and O–H groups in total. The summed E-state index contributed by atoms with van der Waals surface area (Å²) >= 11 is 0. The standard InChI is InChI=1S/C23H22F3N3O2/c24-23(25,26)17-4-5-18-20(11-17)28-13-19(21(18)30)22(31)29-8-6-15(7-9-29)16-3-1-2-14(10-16)12-27/h1-5,10-11,13,15H,6-9,12,27H2,(H,28,30). The molecule has 1 amide bonds. The van der Waals surface area contributed by atoms with Crippen molar-refractivity contribution >= 4 is 16.8 Å². The Hall–Kier alpha value is -3.13. The molecule has 0 saturated carbocycles. The maximum absolute atomic E-state index is 12.9. The zero-order chi connectivity index (χ0) is 22.2. The third kappa shape index (κ3) is 4.20. The van der Waals surface area contributed by atoms with Gasteiger partial charge < -0.3 is 15.6 Å². The fourth-order valence-electron chi connectivity index (χ4n) is 4.12. The number of amides is 1. The van der Waals surface area contributed by atoms with Crippen LogP contribution in [0.1, 0.15) is 45.8 Å². The number of halogens is 3. The van der Waals surface area contributed by atoms with E-state index in [4.69, 9.17) is 5.73 Å². The third-order valence-corrected chi connectivity index (χ3v) is 5.88. The Morgan fingerprint density at radius 2 is 1.87 bits per heavy atom. The minimum Gasteiger partial charge on any atom is -0.360 e. The summed E-state index contributed by atoms with van der Waals surface area (Å²) in [6.45, 7) is 1.47. The number of fused-ring (bicyclic) bond motifs is 1. The topological polar surface area (TPSA) is 79.2 Å². The van der Waals surface area contributed by atoms with E-state index in [0.29, 0.717) is 25.6 Å². The molecular weight excluding hydrogens is 407 g/mol. The van der Waals surface area contributed by atoms with Crippen LogP contribution in [0.5, 0.6) is 0 Å². The summed E-state index contributed by atoms with van der Waals surface area (Å²) in [5.74, 6) is -0.0940. The monoisotopic (exact) mass is 429 g/mol. The number of carbonyl (C=O) groups excluding carboxylic acids is 1. The molecule has 1 aromatic heterocycles. The molecule has 0 spiro atoms. The first-order valence-corrected chi connectivity index (χ1v) is 10.1. The Bertz CT molecular complexity index is 1180. The van der Waals surface area contributed by atoms with E-state index < -0.39 is 23.1 Å². The highest BCUT2D eigenvalue weighted by molar-refractivity contribution is 5.97. The lowest BCUT2D eigenvalue weighted by atomic mass is 9.88. The minimum absolute atomic E-state index is 0.0508. The summed E-state index contributed by atoms with van der Waals surface area (Å²) in [4.78, 5) is 30.0. The number of piperidine rings is 1. The minimum atomic E-state index is -4.51. The summed E-state index contributed by atoms with van der Waals surface area (Å²) in [5.41, 5.74) is 6.55. The summed E-state index contributed by atoms with van der Waals surface area (Å²) in [7, 11) is 0. The summed E-state index contributed by atoms with van der Waals surface area (Å²) in [6.07, 6.45) is -1.77. The van der Waals surface area contributed by atoms with E-state index in [1.54, 1.807) is 4.90 Å². The zero-order valence-corrected chi connectivity index (χ0v) is 16.7. The molecule has 0 unspecified atom stereocenters. The number of H-pyrrole nitrogens is 1. The largest absolute Gasteiger partial charge is 0.416 e. The van der Waals surface area contributed by atoms with Gasteiger partial charge in [-0.05, 0) is 48.1 Å². The van der Waals surface area contributed by atoms with E-state index in [0.717, 1.165) is 36.6 Å². The fourth-order valence-corrected chi connectivity index (χ4v) is 4.12. The number of nitrogens with two attached hydrogens (primary N) is 1. The van der Waals surface area contributed by atoms with Crippen molar-refractivity contribution in [3.8, 4) is 0 Å². The van der Waals surface area contributed by atoms with Crippen LogP contribution < -0.4 is 11.2 Å². The van der Waals surface area contributed by atoms with Crippen molar-refractivity contribution in [2.24, 2.45) is 5.73 Å². The van der Waals surface area contributed by atoms with E-state index in [-0.39, 0.29) is 16.5 Å². The van der Waals surface area contributed by atoms with Crippen molar-refractivity contribution in [1.29, 1.82) is 0 Å². The summed E-state index contributed by atoms with van der Waals surface area (Å²) < 4.78 is 38.7. The number of rotatable bonds is 3. The molecular formula is C23H22F3N3O2. The summed E-state index contributed by atoms with van der Waals surface area (Å²) in [6, 6.07) is 11.0. The number of benzene rings is 2. The smallest absolute Gasteiger partial charge is 0.360 e. The van der Waals surface area contributed by atoms with Gasteiger partial charge in [-0.2, -0.15) is 13.2 Å². The Morgan fingerprint density at radius 3 is 2.55 bits per heavy atom. The van der Waals surface area contributed by atoms with Crippen molar-refractivity contribution in [3.05, 3.63) is 81.1 Å². The molecule has 0 atom stereocenters. The molecule has 1 aliphatic rings. The van der Waals surface area contributed by atoms with Crippen LogP contribution in [0.2, 0.25) is 0 Å². The predicted octanol–water partition coefficient (Wildman–Crippen LogP) is 4.03. The molecule has 0 aliphatic carbocycles. The zero-order valence-electron chi connectivity index (χ0n) is 16.7. The molecule has 0 radical (unpaired) electrons. The van der Waals surface area contributed by atoms with Gasteiger partial charge in [0.1, 0.15) is 5.56 Å². The van der Waals surface area contributed by atoms with E-state index >= 15 is 0 Å². The van der Waals surface area contributed by atoms with E-state index in [1.165, 1.54) is 11.8 Å². The second-order valence-corrected chi connectivity index (χ2v) is 7.81. The number of alkyl halides is 3. The molecule has 2 heterocycles. The molecule has 8 heteroatoms. The number of likely N-dealkylation sites (tertiary alicyclic amines) is 1. The maximum Gasteiger partial charge on any atom is 0.416 e. The quantitative estimate of drug-likeness (QED) is 0.660. The van der Waals surface area contributed by atoms with Gasteiger partial charge in [-0.3, -0.25) is 9.59 Å². The average molecular weight is 429 g/mol. The molecule has 3 aromatic rings. The van der Waals surface area contributed by atoms with Crippen molar-refractivity contribution in [1.82, 2.24) is 9.88 Å². The number of aromatic amines is 1. The van der Waals surface area contributed by atoms with Gasteiger partial charge in [-0.15, -0.1) is 0 Å². The lowest BCUT2D eigenvalue weighted by Gasteiger charge is -2.32. The van der Waals surface area contributed by atoms with Crippen LogP contribution in [-0.2, 0) is 12.7 Å². The van der Waals surface area contributed by atoms with E-state index in [1.807, 2.05) is 12.1 Å². The predicted molar refractivity (Wildman–Crippen MR) is 112 cm³/mol. The number of carbonyl (C=O) groups is 1. The second-order valence-electron chi connectivity index (χ2n) is 7.81. The first kappa shape index (κ1) is 21.1. The van der Waals surface area contributed by atoms with Crippen molar-refractivity contribution < 1.29 is 18.0 Å². The number of nitrogens with one attached hydrogen (secondary N) is 1. The van der Waals surface area contributed by atoms with Gasteiger partial charge in [0.05, 0.1) is 5.56 Å². The van der Waals surface area contributed by atoms with E-state index in [9.17, 15) is 22.8 Å². The lowest BCUT2D eigenvalue weighted by Crippen LogP contribution is -2.40. The lowest BCUT2D eigenvalue weighted by molar-refractivity contribution is -0.137. The van der Waals surface area contributed by atoms with Gasteiger partial charge in [0.2, 0.25) is 5.43 Å². The summed E-state index contributed by atoms with van der Waals surface area (Å²) in [5, 5.41) is 0.0623. The van der Waals surface area contributed by atoms with Gasteiger partial charge in [0, 0.05) is 36.7 Å². The van der Waals surface area contributed by atoms with Crippen LogP contribution in [0.15, 0.2) is 53.5 Å². The molecule has 1 fully saturated rings. The highest BCUT2D eigenvalue weighted by Gasteiger charge is 2.31. The second kappa shape index (κ2) is 8.19. The normalized spacial score (nSPS) is 15.4. The van der Waals surface area contributed by atoms with Gasteiger partial charge in [0.25, 0.3) is 5.91 Å². The number of nitrogens with zero attached hydrogens (tertiary/aromatic N) is 1. The average Bonchev–Trinajstić information content (AvgIpc) is 2.78. The molecule has 2 aromatic carbocycles. The molecule has 5 nitrogen and oxygen atoms in total. The Morgan fingerprint density at radius 1 is 1.13 bits per heavy atom.